The summed E-state index contributed by atoms with van der Waals surface area (Å²) >= 11 is 0. The lowest BCUT2D eigenvalue weighted by atomic mass is 10.1. The first-order chi connectivity index (χ1) is 9.87. The Morgan fingerprint density at radius 3 is 2.71 bits per heavy atom. The quantitative estimate of drug-likeness (QED) is 0.646. The number of hydrogen-bond acceptors (Lipinski definition) is 6. The zero-order valence-electron chi connectivity index (χ0n) is 11.7. The number of rotatable bonds is 4. The van der Waals surface area contributed by atoms with Crippen molar-refractivity contribution in [2.45, 2.75) is 25.0 Å². The predicted molar refractivity (Wildman–Crippen MR) is 73.6 cm³/mol. The molecule has 2 unspecified atom stereocenters. The van der Waals surface area contributed by atoms with Gasteiger partial charge in [0.05, 0.1) is 43.1 Å². The van der Waals surface area contributed by atoms with Crippen LogP contribution < -0.4 is 5.32 Å². The van der Waals surface area contributed by atoms with Gasteiger partial charge in [-0.3, -0.25) is 9.59 Å². The number of morpholine rings is 1. The summed E-state index contributed by atoms with van der Waals surface area (Å²) < 4.78 is 28.7. The van der Waals surface area contributed by atoms with E-state index in [-0.39, 0.29) is 42.9 Å². The van der Waals surface area contributed by atoms with Crippen molar-refractivity contribution in [3.63, 3.8) is 0 Å². The second kappa shape index (κ2) is 6.71. The molecule has 0 saturated carbocycles. The number of ether oxygens (including phenoxy) is 1. The molecule has 9 heteroatoms. The number of carbonyl (C=O) groups is 2. The van der Waals surface area contributed by atoms with Crippen LogP contribution >= 0.6 is 0 Å². The molecule has 0 bridgehead atoms. The van der Waals surface area contributed by atoms with Crippen molar-refractivity contribution >= 4 is 21.7 Å². The number of hydrogen-bond donors (Lipinski definition) is 2. The van der Waals surface area contributed by atoms with Crippen molar-refractivity contribution < 1.29 is 27.9 Å². The zero-order chi connectivity index (χ0) is 15.5. The molecule has 0 aromatic carbocycles. The molecule has 0 aromatic heterocycles. The molecule has 2 aliphatic heterocycles. The molecule has 2 atom stereocenters. The van der Waals surface area contributed by atoms with E-state index in [0.29, 0.717) is 13.2 Å². The Hall–Kier alpha value is -1.19. The maximum absolute atomic E-state index is 12.3. The molecule has 0 spiro atoms. The minimum absolute atomic E-state index is 0.0548. The Balaban J connectivity index is 2.00. The molecular weight excluding hydrogens is 300 g/mol. The van der Waals surface area contributed by atoms with E-state index in [9.17, 15) is 18.0 Å². The van der Waals surface area contributed by atoms with Gasteiger partial charge in [0.25, 0.3) is 0 Å². The third kappa shape index (κ3) is 4.65. The van der Waals surface area contributed by atoms with Crippen molar-refractivity contribution in [3.8, 4) is 0 Å². The van der Waals surface area contributed by atoms with E-state index in [4.69, 9.17) is 9.84 Å². The number of nitrogens with one attached hydrogen (secondary N) is 1. The van der Waals surface area contributed by atoms with Gasteiger partial charge in [0.2, 0.25) is 5.91 Å². The minimum Gasteiger partial charge on any atom is -0.481 e. The largest absolute Gasteiger partial charge is 0.481 e. The summed E-state index contributed by atoms with van der Waals surface area (Å²) in [6.45, 7) is 1.90. The van der Waals surface area contributed by atoms with E-state index in [0.717, 1.165) is 6.54 Å². The van der Waals surface area contributed by atoms with E-state index >= 15 is 0 Å². The summed E-state index contributed by atoms with van der Waals surface area (Å²) in [5.41, 5.74) is 0. The van der Waals surface area contributed by atoms with Crippen LogP contribution in [0, 0.1) is 0 Å². The summed E-state index contributed by atoms with van der Waals surface area (Å²) in [5, 5.41) is 12.0. The van der Waals surface area contributed by atoms with Crippen LogP contribution in [-0.4, -0.2) is 80.2 Å². The maximum atomic E-state index is 12.3. The fourth-order valence-corrected chi connectivity index (χ4v) is 4.17. The normalized spacial score (nSPS) is 29.0. The zero-order valence-corrected chi connectivity index (χ0v) is 12.5. The molecule has 1 amide bonds. The van der Waals surface area contributed by atoms with Gasteiger partial charge in [0, 0.05) is 19.6 Å². The number of amides is 1. The number of aliphatic carboxylic acids is 1. The van der Waals surface area contributed by atoms with E-state index in [1.54, 1.807) is 0 Å². The van der Waals surface area contributed by atoms with Crippen LogP contribution in [0.1, 0.15) is 12.8 Å². The molecule has 0 aromatic rings. The topological polar surface area (TPSA) is 113 Å². The Bertz CT molecular complexity index is 500. The molecular formula is C12H20N2O6S. The predicted octanol–water partition coefficient (Wildman–Crippen LogP) is -1.53. The fourth-order valence-electron chi connectivity index (χ4n) is 2.65. The summed E-state index contributed by atoms with van der Waals surface area (Å²) in [6, 6.07) is -0.787. The number of carboxylic acid groups (broad SMARTS) is 1. The van der Waals surface area contributed by atoms with Crippen LogP contribution in [0.25, 0.3) is 0 Å². The molecule has 21 heavy (non-hydrogen) atoms. The minimum atomic E-state index is -3.28. The first-order valence-electron chi connectivity index (χ1n) is 6.91. The molecule has 2 N–H and O–H groups in total. The van der Waals surface area contributed by atoms with Crippen LogP contribution in [0.2, 0.25) is 0 Å². The molecule has 120 valence electrons. The molecule has 0 aliphatic carbocycles. The number of sulfone groups is 1. The highest BCUT2D eigenvalue weighted by molar-refractivity contribution is 7.91. The van der Waals surface area contributed by atoms with E-state index in [1.807, 2.05) is 0 Å². The molecule has 0 radical (unpaired) electrons. The van der Waals surface area contributed by atoms with Crippen LogP contribution in [0.5, 0.6) is 0 Å². The highest BCUT2D eigenvalue weighted by Crippen LogP contribution is 2.17. The Labute approximate surface area is 123 Å². The van der Waals surface area contributed by atoms with Gasteiger partial charge in [-0.2, -0.15) is 0 Å². The van der Waals surface area contributed by atoms with Crippen LogP contribution in [0.15, 0.2) is 0 Å². The van der Waals surface area contributed by atoms with Crippen LogP contribution in [-0.2, 0) is 24.2 Å². The first kappa shape index (κ1) is 16.2. The Morgan fingerprint density at radius 1 is 1.33 bits per heavy atom. The molecule has 2 rings (SSSR count). The van der Waals surface area contributed by atoms with Gasteiger partial charge in [-0.05, 0) is 0 Å². The lowest BCUT2D eigenvalue weighted by molar-refractivity contribution is -0.141. The summed E-state index contributed by atoms with van der Waals surface area (Å²) in [5.74, 6) is -1.75. The van der Waals surface area contributed by atoms with Gasteiger partial charge in [-0.25, -0.2) is 8.42 Å². The smallest absolute Gasteiger partial charge is 0.305 e. The average Bonchev–Trinajstić information content (AvgIpc) is 2.38. The van der Waals surface area contributed by atoms with Gasteiger partial charge in [-0.15, -0.1) is 0 Å². The standard InChI is InChI=1S/C12H20N2O6S/c15-11(6-10-7-13-1-3-20-10)14-2-4-21(18,19)8-9(14)5-12(16)17/h9-10,13H,1-8H2,(H,16,17). The molecule has 2 aliphatic rings. The highest BCUT2D eigenvalue weighted by atomic mass is 32.2. The third-order valence-corrected chi connectivity index (χ3v) is 5.36. The van der Waals surface area contributed by atoms with Crippen LogP contribution in [0.3, 0.4) is 0 Å². The van der Waals surface area contributed by atoms with Crippen molar-refractivity contribution in [1.29, 1.82) is 0 Å². The SMILES string of the molecule is O=C(O)CC1CS(=O)(=O)CCN1C(=O)CC1CNCCO1. The molecule has 8 nitrogen and oxygen atoms in total. The second-order valence-corrected chi connectivity index (χ2v) is 7.58. The van der Waals surface area contributed by atoms with Gasteiger partial charge in [0.15, 0.2) is 9.84 Å². The van der Waals surface area contributed by atoms with E-state index in [2.05, 4.69) is 5.32 Å². The lowest BCUT2D eigenvalue weighted by Gasteiger charge is -2.36. The summed E-state index contributed by atoms with van der Waals surface area (Å²) in [4.78, 5) is 24.6. The summed E-state index contributed by atoms with van der Waals surface area (Å²) in [6.07, 6.45) is -0.451. The first-order valence-corrected chi connectivity index (χ1v) is 8.73. The third-order valence-electron chi connectivity index (χ3n) is 3.67. The average molecular weight is 320 g/mol. The Kier molecular flexibility index (Phi) is 5.17. The second-order valence-electron chi connectivity index (χ2n) is 5.35. The maximum Gasteiger partial charge on any atom is 0.305 e. The number of carboxylic acids is 1. The molecule has 2 saturated heterocycles. The Morgan fingerprint density at radius 2 is 2.10 bits per heavy atom. The summed E-state index contributed by atoms with van der Waals surface area (Å²) in [7, 11) is -3.28. The van der Waals surface area contributed by atoms with Gasteiger partial charge in [-0.1, -0.05) is 0 Å². The van der Waals surface area contributed by atoms with Crippen LogP contribution in [0.4, 0.5) is 0 Å². The van der Waals surface area contributed by atoms with Crippen molar-refractivity contribution in [2.75, 3.05) is 37.7 Å². The van der Waals surface area contributed by atoms with E-state index in [1.165, 1.54) is 4.90 Å². The highest BCUT2D eigenvalue weighted by Gasteiger charge is 2.36. The number of carbonyl (C=O) groups excluding carboxylic acids is 1. The number of nitrogens with zero attached hydrogens (tertiary/aromatic N) is 1. The van der Waals surface area contributed by atoms with Crippen molar-refractivity contribution in [2.24, 2.45) is 0 Å². The van der Waals surface area contributed by atoms with Gasteiger partial charge >= 0.3 is 5.97 Å². The molecule has 2 heterocycles. The lowest BCUT2D eigenvalue weighted by Crippen LogP contribution is -2.53. The van der Waals surface area contributed by atoms with Gasteiger partial charge < -0.3 is 20.1 Å². The molecule has 2 fully saturated rings. The van der Waals surface area contributed by atoms with Gasteiger partial charge in [0.1, 0.15) is 0 Å². The van der Waals surface area contributed by atoms with Crippen molar-refractivity contribution in [1.82, 2.24) is 10.2 Å². The fraction of sp³-hybridized carbons (Fsp3) is 0.833. The van der Waals surface area contributed by atoms with E-state index < -0.39 is 21.8 Å². The monoisotopic (exact) mass is 320 g/mol. The van der Waals surface area contributed by atoms with Crippen molar-refractivity contribution in [3.05, 3.63) is 0 Å².